The molecular formula is C28H42O8. The molecule has 8 heteroatoms. The average Bonchev–Trinajstić information content (AvgIpc) is 2.88. The predicted octanol–water partition coefficient (Wildman–Crippen LogP) is 4.01. The number of hydrogen-bond donors (Lipinski definition) is 1. The van der Waals surface area contributed by atoms with Crippen molar-refractivity contribution in [3.8, 4) is 0 Å². The maximum Gasteiger partial charge on any atom is 0.311 e. The first-order chi connectivity index (χ1) is 16.6. The molecule has 0 fully saturated rings. The first-order valence-electron chi connectivity index (χ1n) is 12.7. The second-order valence-electron chi connectivity index (χ2n) is 9.91. The Morgan fingerprint density at radius 2 is 1.28 bits per heavy atom. The second-order valence-corrected chi connectivity index (χ2v) is 9.91. The smallest absolute Gasteiger partial charge is 0.311 e. The minimum Gasteiger partial charge on any atom is -0.465 e. The van der Waals surface area contributed by atoms with Crippen LogP contribution < -0.4 is 5.43 Å². The summed E-state index contributed by atoms with van der Waals surface area (Å²) in [5.74, 6) is -5.08. The molecule has 1 heterocycles. The molecule has 1 aromatic heterocycles. The molecule has 1 rings (SSSR count). The van der Waals surface area contributed by atoms with E-state index in [9.17, 15) is 29.1 Å². The lowest BCUT2D eigenvalue weighted by atomic mass is 9.83. The molecule has 0 radical (unpaired) electrons. The Hall–Kier alpha value is -2.61. The number of carbonyl (C=O) groups is 4. The van der Waals surface area contributed by atoms with Crippen LogP contribution in [0.5, 0.6) is 0 Å². The molecule has 36 heavy (non-hydrogen) atoms. The molecule has 0 aliphatic heterocycles. The van der Waals surface area contributed by atoms with Gasteiger partial charge >= 0.3 is 5.97 Å². The van der Waals surface area contributed by atoms with Crippen molar-refractivity contribution in [2.24, 2.45) is 23.7 Å². The number of carbonyl (C=O) groups excluding carboxylic acids is 4. The molecule has 202 valence electrons. The third-order valence-electron chi connectivity index (χ3n) is 7.46. The van der Waals surface area contributed by atoms with E-state index >= 15 is 0 Å². The summed E-state index contributed by atoms with van der Waals surface area (Å²) in [6.45, 7) is 16.1. The third-order valence-corrected chi connectivity index (χ3v) is 7.46. The zero-order chi connectivity index (χ0) is 28.1. The first-order valence-corrected chi connectivity index (χ1v) is 12.7. The highest BCUT2D eigenvalue weighted by Crippen LogP contribution is 2.28. The molecule has 0 saturated carbocycles. The number of Topliss-reactive ketones (excluding diaryl/α,β-unsaturated/α-hetero) is 3. The minimum atomic E-state index is -1.39. The molecule has 8 nitrogen and oxygen atoms in total. The van der Waals surface area contributed by atoms with Gasteiger partial charge in [0.05, 0.1) is 29.8 Å². The van der Waals surface area contributed by atoms with Gasteiger partial charge in [0.25, 0.3) is 0 Å². The highest BCUT2D eigenvalue weighted by atomic mass is 16.5. The van der Waals surface area contributed by atoms with Crippen LogP contribution in [0, 0.1) is 44.4 Å². The van der Waals surface area contributed by atoms with Gasteiger partial charge in [-0.3, -0.25) is 24.0 Å². The lowest BCUT2D eigenvalue weighted by Gasteiger charge is -2.31. The summed E-state index contributed by atoms with van der Waals surface area (Å²) in [5.41, 5.74) is 0.609. The van der Waals surface area contributed by atoms with Gasteiger partial charge in [-0.1, -0.05) is 34.6 Å². The van der Waals surface area contributed by atoms with E-state index in [0.717, 1.165) is 0 Å². The topological polar surface area (TPSA) is 128 Å². The molecule has 0 bridgehead atoms. The van der Waals surface area contributed by atoms with E-state index < -0.39 is 53.6 Å². The molecule has 7 atom stereocenters. The van der Waals surface area contributed by atoms with E-state index in [1.807, 2.05) is 0 Å². The third kappa shape index (κ3) is 6.78. The summed E-state index contributed by atoms with van der Waals surface area (Å²) in [6.07, 6.45) is -1.89. The van der Waals surface area contributed by atoms with E-state index in [1.54, 1.807) is 55.4 Å². The zero-order valence-electron chi connectivity index (χ0n) is 23.3. The Kier molecular flexibility index (Phi) is 11.4. The van der Waals surface area contributed by atoms with Crippen LogP contribution >= 0.6 is 0 Å². The summed E-state index contributed by atoms with van der Waals surface area (Å²) >= 11 is 0. The number of hydrogen-bond acceptors (Lipinski definition) is 8. The molecule has 0 spiro atoms. The van der Waals surface area contributed by atoms with Crippen LogP contribution in [0.4, 0.5) is 0 Å². The number of ketones is 3. The van der Waals surface area contributed by atoms with E-state index in [-0.39, 0.29) is 35.6 Å². The lowest BCUT2D eigenvalue weighted by Crippen LogP contribution is -2.43. The number of esters is 1. The summed E-state index contributed by atoms with van der Waals surface area (Å²) in [4.78, 5) is 63.3. The fraction of sp³-hybridized carbons (Fsp3) is 0.679. The number of aliphatic hydroxyl groups is 1. The summed E-state index contributed by atoms with van der Waals surface area (Å²) < 4.78 is 11.4. The van der Waals surface area contributed by atoms with Gasteiger partial charge in [0.2, 0.25) is 0 Å². The predicted molar refractivity (Wildman–Crippen MR) is 136 cm³/mol. The molecule has 0 aliphatic rings. The highest BCUT2D eigenvalue weighted by molar-refractivity contribution is 5.88. The maximum atomic E-state index is 13.2. The van der Waals surface area contributed by atoms with Crippen LogP contribution in [0.2, 0.25) is 0 Å². The Morgan fingerprint density at radius 3 is 1.72 bits per heavy atom. The van der Waals surface area contributed by atoms with Gasteiger partial charge in [0.15, 0.2) is 5.43 Å². The molecule has 1 aromatic rings. The van der Waals surface area contributed by atoms with Crippen molar-refractivity contribution in [1.82, 2.24) is 0 Å². The number of aliphatic hydroxyl groups excluding tert-OH is 1. The quantitative estimate of drug-likeness (QED) is 0.397. The van der Waals surface area contributed by atoms with Gasteiger partial charge in [-0.15, -0.1) is 0 Å². The van der Waals surface area contributed by atoms with Crippen LogP contribution in [-0.2, 0) is 23.9 Å². The van der Waals surface area contributed by atoms with E-state index in [2.05, 4.69) is 0 Å². The maximum absolute atomic E-state index is 13.2. The molecule has 0 aliphatic carbocycles. The summed E-state index contributed by atoms with van der Waals surface area (Å²) in [7, 11) is 0. The van der Waals surface area contributed by atoms with Crippen molar-refractivity contribution in [1.29, 1.82) is 0 Å². The average molecular weight is 507 g/mol. The fourth-order valence-corrected chi connectivity index (χ4v) is 4.44. The van der Waals surface area contributed by atoms with Gasteiger partial charge in [-0.25, -0.2) is 0 Å². The minimum absolute atomic E-state index is 0.139. The van der Waals surface area contributed by atoms with Crippen molar-refractivity contribution >= 4 is 23.3 Å². The Bertz CT molecular complexity index is 1010. The van der Waals surface area contributed by atoms with Crippen molar-refractivity contribution in [2.75, 3.05) is 0 Å². The van der Waals surface area contributed by atoms with Crippen LogP contribution in [0.15, 0.2) is 9.21 Å². The van der Waals surface area contributed by atoms with Gasteiger partial charge in [-0.05, 0) is 34.6 Å². The monoisotopic (exact) mass is 506 g/mol. The Morgan fingerprint density at radius 1 is 0.806 bits per heavy atom. The summed E-state index contributed by atoms with van der Waals surface area (Å²) in [6, 6.07) is 0. The summed E-state index contributed by atoms with van der Waals surface area (Å²) in [5, 5.41) is 10.9. The SMILES string of the molecule is CCC(=O)[C@@H](C)C(OC(=O)[C@@H](C)[C@@H](O)[C@@H](C)C(=O)[C@H](C)c1oc(C)c(C)c(=O)c1C)[C@@H](C)C(=O)CC. The van der Waals surface area contributed by atoms with Crippen LogP contribution in [0.3, 0.4) is 0 Å². The highest BCUT2D eigenvalue weighted by Gasteiger charge is 2.39. The number of ether oxygens (including phenoxy) is 1. The van der Waals surface area contributed by atoms with Gasteiger partial charge in [0, 0.05) is 29.9 Å². The molecule has 0 saturated heterocycles. The van der Waals surface area contributed by atoms with Crippen LogP contribution in [0.25, 0.3) is 0 Å². The molecular weight excluding hydrogens is 464 g/mol. The standard InChI is InChI=1S/C28H42O8/c1-11-21(29)14(4)26(15(5)22(30)12-2)36-28(34)19(9)25(33)16(6)24(32)18(8)27-17(7)23(31)13(3)20(10)35-27/h14-16,18-19,25-26,33H,11-12H2,1-10H3/t14-,15+,16-,18-,19-,25-,26?/m0/s1. The van der Waals surface area contributed by atoms with Gasteiger partial charge < -0.3 is 14.3 Å². The Labute approximate surface area is 213 Å². The van der Waals surface area contributed by atoms with Crippen LogP contribution in [0.1, 0.15) is 89.9 Å². The molecule has 0 aromatic carbocycles. The largest absolute Gasteiger partial charge is 0.465 e. The van der Waals surface area contributed by atoms with Crippen molar-refractivity contribution in [3.05, 3.63) is 32.9 Å². The van der Waals surface area contributed by atoms with Crippen LogP contribution in [-0.4, -0.2) is 40.6 Å². The van der Waals surface area contributed by atoms with Crippen molar-refractivity contribution < 1.29 is 33.4 Å². The van der Waals surface area contributed by atoms with E-state index in [0.29, 0.717) is 16.9 Å². The fourth-order valence-electron chi connectivity index (χ4n) is 4.44. The van der Waals surface area contributed by atoms with Crippen molar-refractivity contribution in [2.45, 2.75) is 100 Å². The molecule has 1 N–H and O–H groups in total. The van der Waals surface area contributed by atoms with Gasteiger partial charge in [0.1, 0.15) is 35.0 Å². The Balaban J connectivity index is 3.12. The normalized spacial score (nSPS) is 17.3. The number of aryl methyl sites for hydroxylation is 1. The molecule has 1 unspecified atom stereocenters. The lowest BCUT2D eigenvalue weighted by molar-refractivity contribution is -0.166. The number of rotatable bonds is 13. The van der Waals surface area contributed by atoms with E-state index in [4.69, 9.17) is 9.15 Å². The van der Waals surface area contributed by atoms with Crippen molar-refractivity contribution in [3.63, 3.8) is 0 Å². The molecule has 0 amide bonds. The zero-order valence-corrected chi connectivity index (χ0v) is 23.3. The van der Waals surface area contributed by atoms with E-state index in [1.165, 1.54) is 13.8 Å². The van der Waals surface area contributed by atoms with Gasteiger partial charge in [-0.2, -0.15) is 0 Å². The first kappa shape index (κ1) is 31.4. The second kappa shape index (κ2) is 13.1.